The third kappa shape index (κ3) is 4.74. The molecule has 1 aromatic heterocycles. The van der Waals surface area contributed by atoms with Gasteiger partial charge in [0, 0.05) is 19.2 Å². The first kappa shape index (κ1) is 23.6. The first-order valence-electron chi connectivity index (χ1n) is 11.2. The van der Waals surface area contributed by atoms with Crippen molar-refractivity contribution < 1.29 is 18.6 Å². The molecule has 0 bridgehead atoms. The van der Waals surface area contributed by atoms with Crippen molar-refractivity contribution in [1.29, 1.82) is 0 Å². The molecule has 1 fully saturated rings. The van der Waals surface area contributed by atoms with E-state index in [2.05, 4.69) is 11.0 Å². The molecule has 0 aliphatic carbocycles. The fourth-order valence-corrected chi connectivity index (χ4v) is 4.89. The average Bonchev–Trinajstić information content (AvgIpc) is 2.83. The van der Waals surface area contributed by atoms with Gasteiger partial charge in [0.1, 0.15) is 11.3 Å². The van der Waals surface area contributed by atoms with Crippen LogP contribution in [0.2, 0.25) is 5.02 Å². The molecule has 1 aliphatic rings. The average molecular weight is 472 g/mol. The van der Waals surface area contributed by atoms with Gasteiger partial charge >= 0.3 is 0 Å². The maximum Gasteiger partial charge on any atom is 0.235 e. The molecule has 0 saturated carbocycles. The van der Waals surface area contributed by atoms with Gasteiger partial charge in [-0.3, -0.25) is 4.79 Å². The lowest BCUT2D eigenvalue weighted by Gasteiger charge is -2.32. The molecule has 1 aliphatic heterocycles. The minimum atomic E-state index is -0.178. The van der Waals surface area contributed by atoms with Crippen LogP contribution in [0.25, 0.3) is 22.3 Å². The third-order valence-corrected chi connectivity index (χ3v) is 6.68. The van der Waals surface area contributed by atoms with Crippen LogP contribution in [0, 0.1) is 6.92 Å². The van der Waals surface area contributed by atoms with Gasteiger partial charge < -0.3 is 23.5 Å². The van der Waals surface area contributed by atoms with Crippen molar-refractivity contribution in [3.05, 3.63) is 56.7 Å². The Morgan fingerprint density at radius 3 is 2.48 bits per heavy atom. The Balaban J connectivity index is 1.81. The van der Waals surface area contributed by atoms with Crippen LogP contribution < -0.4 is 14.9 Å². The van der Waals surface area contributed by atoms with E-state index in [4.69, 9.17) is 30.2 Å². The summed E-state index contributed by atoms with van der Waals surface area (Å²) in [5.74, 6) is 1.42. The molecular formula is C26H30ClNO5. The van der Waals surface area contributed by atoms with E-state index in [0.29, 0.717) is 39.0 Å². The number of piperidine rings is 1. The maximum absolute atomic E-state index is 13.5. The molecule has 4 rings (SSSR count). The minimum absolute atomic E-state index is 0.176. The van der Waals surface area contributed by atoms with Crippen LogP contribution in [-0.4, -0.2) is 52.5 Å². The van der Waals surface area contributed by atoms with E-state index < -0.39 is 0 Å². The largest absolute Gasteiger partial charge is 0.495 e. The number of benzene rings is 2. The highest BCUT2D eigenvalue weighted by molar-refractivity contribution is 6.32. The maximum atomic E-state index is 13.5. The van der Waals surface area contributed by atoms with E-state index in [-0.39, 0.29) is 11.2 Å². The Hall–Kier alpha value is -2.54. The first-order valence-corrected chi connectivity index (χ1v) is 11.5. The SMILES string of the molecule is COCCN1CCC(c2cc(C)cc3c(=O)c(OC)c(-c4ccc(OC)c(Cl)c4)oc23)CC1. The fraction of sp³-hybridized carbons (Fsp3) is 0.423. The zero-order valence-electron chi connectivity index (χ0n) is 19.6. The van der Waals surface area contributed by atoms with Crippen molar-refractivity contribution >= 4 is 22.6 Å². The lowest BCUT2D eigenvalue weighted by molar-refractivity contribution is 0.130. The zero-order chi connectivity index (χ0) is 23.5. The van der Waals surface area contributed by atoms with Gasteiger partial charge in [0.25, 0.3) is 0 Å². The predicted molar refractivity (Wildman–Crippen MR) is 131 cm³/mol. The zero-order valence-corrected chi connectivity index (χ0v) is 20.3. The van der Waals surface area contributed by atoms with Crippen molar-refractivity contribution in [1.82, 2.24) is 4.90 Å². The highest BCUT2D eigenvalue weighted by Gasteiger charge is 2.26. The van der Waals surface area contributed by atoms with E-state index in [1.165, 1.54) is 7.11 Å². The molecule has 176 valence electrons. The fourth-order valence-electron chi connectivity index (χ4n) is 4.63. The highest BCUT2D eigenvalue weighted by Crippen LogP contribution is 2.39. The van der Waals surface area contributed by atoms with E-state index in [1.807, 2.05) is 19.1 Å². The Morgan fingerprint density at radius 1 is 1.09 bits per heavy atom. The molecule has 2 aromatic carbocycles. The molecule has 1 saturated heterocycles. The minimum Gasteiger partial charge on any atom is -0.495 e. The summed E-state index contributed by atoms with van der Waals surface area (Å²) < 4.78 is 22.5. The molecule has 0 N–H and O–H groups in total. The number of ether oxygens (including phenoxy) is 3. The number of halogens is 1. The van der Waals surface area contributed by atoms with Crippen molar-refractivity contribution in [3.8, 4) is 22.8 Å². The number of rotatable bonds is 7. The second-order valence-corrected chi connectivity index (χ2v) is 8.89. The molecule has 3 aromatic rings. The Bertz CT molecular complexity index is 1200. The van der Waals surface area contributed by atoms with E-state index in [0.717, 1.165) is 50.2 Å². The normalized spacial score (nSPS) is 15.2. The van der Waals surface area contributed by atoms with Gasteiger partial charge in [0.05, 0.1) is 31.2 Å². The van der Waals surface area contributed by atoms with Gasteiger partial charge in [0.2, 0.25) is 11.2 Å². The lowest BCUT2D eigenvalue weighted by atomic mass is 9.87. The number of aryl methyl sites for hydroxylation is 1. The van der Waals surface area contributed by atoms with Crippen LogP contribution in [0.4, 0.5) is 0 Å². The van der Waals surface area contributed by atoms with Gasteiger partial charge in [-0.25, -0.2) is 0 Å². The Morgan fingerprint density at radius 2 is 1.85 bits per heavy atom. The second-order valence-electron chi connectivity index (χ2n) is 8.48. The molecular weight excluding hydrogens is 442 g/mol. The molecule has 0 spiro atoms. The van der Waals surface area contributed by atoms with Gasteiger partial charge in [-0.2, -0.15) is 0 Å². The summed E-state index contributed by atoms with van der Waals surface area (Å²) in [5, 5.41) is 0.986. The van der Waals surface area contributed by atoms with Crippen LogP contribution >= 0.6 is 11.6 Å². The molecule has 2 heterocycles. The summed E-state index contributed by atoms with van der Waals surface area (Å²) in [4.78, 5) is 15.9. The second kappa shape index (κ2) is 10.2. The standard InChI is InChI=1S/C26H30ClNO5/c1-16-13-19(17-7-9-28(10-8-17)11-12-30-2)25-20(14-16)23(29)26(32-4)24(33-25)18-5-6-22(31-3)21(27)15-18/h5-6,13-15,17H,7-12H2,1-4H3. The van der Waals surface area contributed by atoms with Crippen molar-refractivity contribution in [2.75, 3.05) is 47.6 Å². The number of hydrogen-bond acceptors (Lipinski definition) is 6. The van der Waals surface area contributed by atoms with Gasteiger partial charge in [0.15, 0.2) is 5.76 Å². The van der Waals surface area contributed by atoms with Crippen LogP contribution in [0.1, 0.15) is 29.9 Å². The van der Waals surface area contributed by atoms with Crippen LogP contribution in [0.15, 0.2) is 39.5 Å². The van der Waals surface area contributed by atoms with E-state index >= 15 is 0 Å². The summed E-state index contributed by atoms with van der Waals surface area (Å²) in [5.41, 5.74) is 3.23. The lowest BCUT2D eigenvalue weighted by Crippen LogP contribution is -2.35. The van der Waals surface area contributed by atoms with E-state index in [1.54, 1.807) is 26.4 Å². The highest BCUT2D eigenvalue weighted by atomic mass is 35.5. The monoisotopic (exact) mass is 471 g/mol. The van der Waals surface area contributed by atoms with Crippen LogP contribution in [-0.2, 0) is 4.74 Å². The van der Waals surface area contributed by atoms with Crippen molar-refractivity contribution in [2.24, 2.45) is 0 Å². The summed E-state index contributed by atoms with van der Waals surface area (Å²) in [6, 6.07) is 9.34. The summed E-state index contributed by atoms with van der Waals surface area (Å²) >= 11 is 6.36. The molecule has 0 amide bonds. The van der Waals surface area contributed by atoms with Gasteiger partial charge in [-0.05, 0) is 74.2 Å². The molecule has 0 atom stereocenters. The first-order chi connectivity index (χ1) is 16.0. The van der Waals surface area contributed by atoms with E-state index in [9.17, 15) is 4.79 Å². The summed E-state index contributed by atoms with van der Waals surface area (Å²) in [7, 11) is 4.78. The number of likely N-dealkylation sites (tertiary alicyclic amines) is 1. The molecule has 7 heteroatoms. The quantitative estimate of drug-likeness (QED) is 0.468. The molecule has 33 heavy (non-hydrogen) atoms. The Labute approximate surface area is 199 Å². The van der Waals surface area contributed by atoms with Crippen LogP contribution in [0.3, 0.4) is 0 Å². The van der Waals surface area contributed by atoms with Crippen LogP contribution in [0.5, 0.6) is 11.5 Å². The number of hydrogen-bond donors (Lipinski definition) is 0. The number of nitrogens with zero attached hydrogens (tertiary/aromatic N) is 1. The van der Waals surface area contributed by atoms with Gasteiger partial charge in [-0.1, -0.05) is 17.7 Å². The molecule has 0 unspecified atom stereocenters. The Kier molecular flexibility index (Phi) is 7.27. The van der Waals surface area contributed by atoms with Gasteiger partial charge in [-0.15, -0.1) is 0 Å². The summed E-state index contributed by atoms with van der Waals surface area (Å²) in [6.07, 6.45) is 2.00. The summed E-state index contributed by atoms with van der Waals surface area (Å²) in [6.45, 7) is 5.67. The number of fused-ring (bicyclic) bond motifs is 1. The smallest absolute Gasteiger partial charge is 0.235 e. The topological polar surface area (TPSA) is 61.1 Å². The van der Waals surface area contributed by atoms with Crippen molar-refractivity contribution in [2.45, 2.75) is 25.7 Å². The van der Waals surface area contributed by atoms with Crippen molar-refractivity contribution in [3.63, 3.8) is 0 Å². The number of methoxy groups -OCH3 is 3. The third-order valence-electron chi connectivity index (χ3n) is 6.38. The molecule has 0 radical (unpaired) electrons. The predicted octanol–water partition coefficient (Wildman–Crippen LogP) is 5.26. The molecule has 6 nitrogen and oxygen atoms in total.